The van der Waals surface area contributed by atoms with Gasteiger partial charge in [-0.1, -0.05) is 48.5 Å². The van der Waals surface area contributed by atoms with Crippen LogP contribution < -0.4 is 10.3 Å². The van der Waals surface area contributed by atoms with E-state index in [-0.39, 0.29) is 12.4 Å². The molecular formula is C19H17F3N3O2+. The Kier molecular flexibility index (Phi) is 4.73. The third-order valence-corrected chi connectivity index (χ3v) is 4.16. The average Bonchev–Trinajstić information content (AvgIpc) is 2.90. The Balaban J connectivity index is 2.13. The van der Waals surface area contributed by atoms with Crippen molar-refractivity contribution in [2.45, 2.75) is 25.3 Å². The summed E-state index contributed by atoms with van der Waals surface area (Å²) in [5, 5.41) is 1.77. The fourth-order valence-electron chi connectivity index (χ4n) is 2.96. The SMILES string of the molecule is CC(=O)N[C@@]1(C(F)(F)F)[NH+]=C(c2ccccc2)N(Cc2ccccc2)C1=O. The van der Waals surface area contributed by atoms with E-state index in [1.165, 1.54) is 0 Å². The van der Waals surface area contributed by atoms with Gasteiger partial charge in [0.05, 0.1) is 5.56 Å². The van der Waals surface area contributed by atoms with Crippen molar-refractivity contribution >= 4 is 17.6 Å². The maximum atomic E-state index is 13.9. The maximum Gasteiger partial charge on any atom is 0.465 e. The van der Waals surface area contributed by atoms with Gasteiger partial charge in [0.1, 0.15) is 6.54 Å². The molecule has 0 saturated heterocycles. The molecule has 2 aromatic carbocycles. The van der Waals surface area contributed by atoms with Gasteiger partial charge in [-0.2, -0.15) is 18.1 Å². The van der Waals surface area contributed by atoms with Crippen LogP contribution in [0.2, 0.25) is 0 Å². The van der Waals surface area contributed by atoms with E-state index in [1.54, 1.807) is 66.0 Å². The minimum absolute atomic E-state index is 0.0180. The zero-order valence-corrected chi connectivity index (χ0v) is 14.4. The Bertz CT molecular complexity index is 882. The van der Waals surface area contributed by atoms with E-state index in [1.807, 2.05) is 0 Å². The molecule has 3 rings (SSSR count). The van der Waals surface area contributed by atoms with Crippen molar-refractivity contribution < 1.29 is 27.8 Å². The molecule has 0 saturated carbocycles. The molecule has 1 atom stereocenters. The molecule has 2 aromatic rings. The Labute approximate surface area is 153 Å². The Morgan fingerprint density at radius 1 is 1.07 bits per heavy atom. The van der Waals surface area contributed by atoms with Gasteiger partial charge in [0.2, 0.25) is 5.91 Å². The largest absolute Gasteiger partial charge is 0.465 e. The predicted octanol–water partition coefficient (Wildman–Crippen LogP) is 0.951. The number of hydrogen-bond acceptors (Lipinski definition) is 2. The number of halogens is 3. The van der Waals surface area contributed by atoms with Crippen molar-refractivity contribution in [3.05, 3.63) is 71.8 Å². The summed E-state index contributed by atoms with van der Waals surface area (Å²) in [6.07, 6.45) is -5.04. The van der Waals surface area contributed by atoms with Crippen LogP contribution in [0.4, 0.5) is 13.2 Å². The smallest absolute Gasteiger partial charge is 0.298 e. The summed E-state index contributed by atoms with van der Waals surface area (Å²) in [6.45, 7) is 0.860. The summed E-state index contributed by atoms with van der Waals surface area (Å²) in [5.41, 5.74) is -2.15. The molecule has 8 heteroatoms. The molecule has 0 aromatic heterocycles. The van der Waals surface area contributed by atoms with Gasteiger partial charge >= 0.3 is 17.7 Å². The highest BCUT2D eigenvalue weighted by Crippen LogP contribution is 2.30. The van der Waals surface area contributed by atoms with Crippen molar-refractivity contribution in [1.82, 2.24) is 10.2 Å². The molecular weight excluding hydrogens is 359 g/mol. The first-order chi connectivity index (χ1) is 12.7. The summed E-state index contributed by atoms with van der Waals surface area (Å²) in [5.74, 6) is -2.27. The van der Waals surface area contributed by atoms with Gasteiger partial charge in [0.25, 0.3) is 5.84 Å². The molecule has 0 unspecified atom stereocenters. The number of carbonyl (C=O) groups is 2. The molecule has 0 bridgehead atoms. The molecule has 0 spiro atoms. The van der Waals surface area contributed by atoms with Crippen LogP contribution in [-0.4, -0.2) is 34.4 Å². The van der Waals surface area contributed by atoms with Gasteiger partial charge in [-0.25, -0.2) is 9.79 Å². The molecule has 0 fully saturated rings. The van der Waals surface area contributed by atoms with Crippen LogP contribution in [0.3, 0.4) is 0 Å². The van der Waals surface area contributed by atoms with E-state index in [2.05, 4.69) is 4.99 Å². The number of hydrogen-bond donors (Lipinski definition) is 2. The molecule has 27 heavy (non-hydrogen) atoms. The first-order valence-electron chi connectivity index (χ1n) is 8.16. The van der Waals surface area contributed by atoms with E-state index in [4.69, 9.17) is 0 Å². The monoisotopic (exact) mass is 376 g/mol. The van der Waals surface area contributed by atoms with E-state index in [9.17, 15) is 22.8 Å². The quantitative estimate of drug-likeness (QED) is 0.835. The van der Waals surface area contributed by atoms with E-state index in [0.717, 1.165) is 11.8 Å². The topological polar surface area (TPSA) is 63.4 Å². The highest BCUT2D eigenvalue weighted by atomic mass is 19.4. The molecule has 1 aliphatic rings. The zero-order valence-electron chi connectivity index (χ0n) is 14.4. The third-order valence-electron chi connectivity index (χ3n) is 4.16. The fraction of sp³-hybridized carbons (Fsp3) is 0.211. The van der Waals surface area contributed by atoms with E-state index >= 15 is 0 Å². The van der Waals surface area contributed by atoms with Crippen LogP contribution in [0.1, 0.15) is 18.1 Å². The summed E-state index contributed by atoms with van der Waals surface area (Å²) >= 11 is 0. The fourth-order valence-corrected chi connectivity index (χ4v) is 2.96. The average molecular weight is 376 g/mol. The van der Waals surface area contributed by atoms with Crippen LogP contribution in [-0.2, 0) is 16.1 Å². The van der Waals surface area contributed by atoms with Crippen molar-refractivity contribution in [1.29, 1.82) is 0 Å². The molecule has 2 amide bonds. The lowest BCUT2D eigenvalue weighted by Gasteiger charge is -2.24. The number of nitrogens with one attached hydrogen (secondary N) is 2. The number of alkyl halides is 3. The lowest BCUT2D eigenvalue weighted by atomic mass is 10.1. The standard InChI is InChI=1S/C19H16F3N3O2/c1-13(26)23-18(19(20,21)22)17(27)25(12-14-8-4-2-5-9-14)16(24-18)15-10-6-3-7-11-15/h2-11H,12H2,1H3,(H,23,26)/p+1/t18-/m1/s1. The summed E-state index contributed by atoms with van der Waals surface area (Å²) in [4.78, 5) is 27.6. The number of amides is 2. The van der Waals surface area contributed by atoms with Crippen molar-refractivity contribution in [2.75, 3.05) is 0 Å². The summed E-state index contributed by atoms with van der Waals surface area (Å²) < 4.78 is 41.7. The van der Waals surface area contributed by atoms with Gasteiger partial charge in [0.15, 0.2) is 0 Å². The zero-order chi connectivity index (χ0) is 19.7. The summed E-state index contributed by atoms with van der Waals surface area (Å²) in [6, 6.07) is 16.9. The van der Waals surface area contributed by atoms with Crippen molar-refractivity contribution in [2.24, 2.45) is 0 Å². The lowest BCUT2D eigenvalue weighted by molar-refractivity contribution is -0.581. The molecule has 1 aliphatic heterocycles. The Morgan fingerprint density at radius 2 is 1.63 bits per heavy atom. The Hall–Kier alpha value is -3.16. The van der Waals surface area contributed by atoms with Gasteiger partial charge in [-0.3, -0.25) is 10.1 Å². The molecule has 1 heterocycles. The predicted molar refractivity (Wildman–Crippen MR) is 91.1 cm³/mol. The molecule has 140 valence electrons. The van der Waals surface area contributed by atoms with Gasteiger partial charge < -0.3 is 0 Å². The number of rotatable bonds is 4. The van der Waals surface area contributed by atoms with Crippen LogP contribution in [0.15, 0.2) is 60.7 Å². The van der Waals surface area contributed by atoms with Gasteiger partial charge in [-0.05, 0) is 17.7 Å². The summed E-state index contributed by atoms with van der Waals surface area (Å²) in [7, 11) is 0. The van der Waals surface area contributed by atoms with E-state index < -0.39 is 23.7 Å². The van der Waals surface area contributed by atoms with Crippen molar-refractivity contribution in [3.63, 3.8) is 0 Å². The minimum atomic E-state index is -5.04. The lowest BCUT2D eigenvalue weighted by Crippen LogP contribution is -2.96. The molecule has 5 nitrogen and oxygen atoms in total. The molecule has 0 radical (unpaired) electrons. The van der Waals surface area contributed by atoms with Crippen molar-refractivity contribution in [3.8, 4) is 0 Å². The van der Waals surface area contributed by atoms with Crippen LogP contribution in [0, 0.1) is 0 Å². The second-order valence-electron chi connectivity index (χ2n) is 6.15. The second-order valence-corrected chi connectivity index (χ2v) is 6.15. The molecule has 2 N–H and O–H groups in total. The first-order valence-corrected chi connectivity index (χ1v) is 8.16. The highest BCUT2D eigenvalue weighted by molar-refractivity contribution is 6.10. The second kappa shape index (κ2) is 6.86. The van der Waals surface area contributed by atoms with Crippen LogP contribution >= 0.6 is 0 Å². The Morgan fingerprint density at radius 3 is 2.15 bits per heavy atom. The minimum Gasteiger partial charge on any atom is -0.298 e. The van der Waals surface area contributed by atoms with Crippen LogP contribution in [0.5, 0.6) is 0 Å². The van der Waals surface area contributed by atoms with E-state index in [0.29, 0.717) is 11.1 Å². The third kappa shape index (κ3) is 3.42. The number of amidine groups is 1. The highest BCUT2D eigenvalue weighted by Gasteiger charge is 2.72. The van der Waals surface area contributed by atoms with Gasteiger partial charge in [-0.15, -0.1) is 0 Å². The molecule has 0 aliphatic carbocycles. The normalized spacial score (nSPS) is 19.8. The number of benzene rings is 2. The number of nitrogens with zero attached hydrogens (tertiary/aromatic N) is 1. The van der Waals surface area contributed by atoms with Gasteiger partial charge in [0, 0.05) is 6.92 Å². The van der Waals surface area contributed by atoms with Crippen LogP contribution in [0.25, 0.3) is 0 Å². The maximum absolute atomic E-state index is 13.9. The number of carbonyl (C=O) groups excluding carboxylic acids is 2. The first kappa shape index (κ1) is 18.6.